The van der Waals surface area contributed by atoms with E-state index in [4.69, 9.17) is 9.72 Å². The molecule has 226 valence electrons. The Kier molecular flexibility index (Phi) is 7.57. The maximum Gasteiger partial charge on any atom is 0.339 e. The molecule has 1 fully saturated rings. The summed E-state index contributed by atoms with van der Waals surface area (Å²) in [6, 6.07) is 18.0. The number of nitrogens with zero attached hydrogens (tertiary/aromatic N) is 3. The summed E-state index contributed by atoms with van der Waals surface area (Å²) in [7, 11) is 0. The number of ketones is 1. The molecule has 2 aliphatic rings. The molecular weight excluding hydrogens is 574 g/mol. The van der Waals surface area contributed by atoms with E-state index in [1.807, 2.05) is 32.1 Å². The topological polar surface area (TPSA) is 137 Å². The van der Waals surface area contributed by atoms with Crippen molar-refractivity contribution in [1.82, 2.24) is 4.98 Å². The van der Waals surface area contributed by atoms with Crippen molar-refractivity contribution >= 4 is 45.8 Å². The number of hydrogen-bond acceptors (Lipinski definition) is 8. The summed E-state index contributed by atoms with van der Waals surface area (Å²) in [5.74, 6) is -2.47. The van der Waals surface area contributed by atoms with Crippen LogP contribution in [0.15, 0.2) is 78.9 Å². The highest BCUT2D eigenvalue weighted by Gasteiger charge is 2.50. The number of carbonyl (C=O) groups is 4. The van der Waals surface area contributed by atoms with E-state index in [0.29, 0.717) is 39.8 Å². The first-order valence-electron chi connectivity index (χ1n) is 14.6. The van der Waals surface area contributed by atoms with Crippen LogP contribution in [0, 0.1) is 41.7 Å². The fourth-order valence-corrected chi connectivity index (χ4v) is 6.16. The Hall–Kier alpha value is -5.51. The van der Waals surface area contributed by atoms with Gasteiger partial charge in [-0.25, -0.2) is 9.78 Å². The molecule has 2 heterocycles. The van der Waals surface area contributed by atoms with E-state index < -0.39 is 23.3 Å². The molecule has 45 heavy (non-hydrogen) atoms. The number of esters is 1. The lowest BCUT2D eigenvalue weighted by molar-refractivity contribution is -0.385. The van der Waals surface area contributed by atoms with Gasteiger partial charge in [-0.1, -0.05) is 61.5 Å². The predicted molar refractivity (Wildman–Crippen MR) is 167 cm³/mol. The lowest BCUT2D eigenvalue weighted by Gasteiger charge is -2.22. The molecule has 6 rings (SSSR count). The minimum absolute atomic E-state index is 0.0154. The number of allylic oxidation sites excluding steroid dienone is 2. The van der Waals surface area contributed by atoms with Crippen LogP contribution in [0.1, 0.15) is 45.2 Å². The van der Waals surface area contributed by atoms with Crippen molar-refractivity contribution in [2.24, 2.45) is 17.8 Å². The first kappa shape index (κ1) is 29.6. The van der Waals surface area contributed by atoms with Crippen molar-refractivity contribution in [1.29, 1.82) is 0 Å². The van der Waals surface area contributed by atoms with Crippen LogP contribution in [0.25, 0.3) is 22.2 Å². The van der Waals surface area contributed by atoms with Gasteiger partial charge in [0.25, 0.3) is 5.69 Å². The van der Waals surface area contributed by atoms with Crippen LogP contribution in [0.2, 0.25) is 0 Å². The van der Waals surface area contributed by atoms with Gasteiger partial charge in [-0.3, -0.25) is 29.4 Å². The quantitative estimate of drug-likeness (QED) is 0.0611. The highest BCUT2D eigenvalue weighted by molar-refractivity contribution is 6.22. The van der Waals surface area contributed by atoms with Crippen molar-refractivity contribution in [3.8, 4) is 11.3 Å². The van der Waals surface area contributed by atoms with Gasteiger partial charge in [0, 0.05) is 28.1 Å². The first-order valence-corrected chi connectivity index (χ1v) is 14.6. The number of aryl methyl sites for hydroxylation is 2. The molecule has 1 saturated heterocycles. The van der Waals surface area contributed by atoms with Crippen LogP contribution in [0.5, 0.6) is 0 Å². The van der Waals surface area contributed by atoms with Crippen LogP contribution < -0.4 is 4.90 Å². The van der Waals surface area contributed by atoms with Crippen molar-refractivity contribution in [3.05, 3.63) is 111 Å². The second-order valence-corrected chi connectivity index (χ2v) is 11.5. The number of ether oxygens (including phenoxy) is 1. The maximum absolute atomic E-state index is 13.4. The molecule has 0 radical (unpaired) electrons. The first-order chi connectivity index (χ1) is 21.5. The standard InChI is InChI=1S/C35H29N3O7/c1-19-10-11-23(16-29(19)38(43)44)30(39)18-45-35(42)27-17-28(36-32-21(3)7-5-8-25(27)32)22-12-14-24(15-13-22)37-33(40)26-9-4-6-20(2)31(26)34(37)41/h4-8,10-17,20,26,31H,9,18H2,1-3H3. The molecule has 0 bridgehead atoms. The number of pyridine rings is 1. The Labute approximate surface area is 258 Å². The molecule has 10 nitrogen and oxygen atoms in total. The molecule has 3 unspecified atom stereocenters. The molecule has 2 amide bonds. The van der Waals surface area contributed by atoms with E-state index in [0.717, 1.165) is 5.56 Å². The second-order valence-electron chi connectivity index (χ2n) is 11.5. The van der Waals surface area contributed by atoms with E-state index in [1.165, 1.54) is 23.1 Å². The van der Waals surface area contributed by atoms with E-state index in [1.54, 1.807) is 49.4 Å². The van der Waals surface area contributed by atoms with Gasteiger partial charge in [-0.05, 0) is 49.9 Å². The third-order valence-electron chi connectivity index (χ3n) is 8.62. The Morgan fingerprint density at radius 1 is 1.00 bits per heavy atom. The Balaban J connectivity index is 1.27. The zero-order chi connectivity index (χ0) is 32.0. The number of para-hydroxylation sites is 1. The fourth-order valence-electron chi connectivity index (χ4n) is 6.16. The number of anilines is 1. The lowest BCUT2D eigenvalue weighted by atomic mass is 9.78. The number of rotatable bonds is 7. The molecule has 3 aromatic carbocycles. The molecule has 1 aromatic heterocycles. The van der Waals surface area contributed by atoms with Gasteiger partial charge >= 0.3 is 5.97 Å². The average Bonchev–Trinajstić information content (AvgIpc) is 3.29. The molecule has 0 saturated carbocycles. The molecule has 1 aliphatic carbocycles. The minimum Gasteiger partial charge on any atom is -0.454 e. The number of fused-ring (bicyclic) bond motifs is 2. The third-order valence-corrected chi connectivity index (χ3v) is 8.62. The second kappa shape index (κ2) is 11.5. The highest BCUT2D eigenvalue weighted by Crippen LogP contribution is 2.41. The summed E-state index contributed by atoms with van der Waals surface area (Å²) in [4.78, 5) is 69.4. The monoisotopic (exact) mass is 603 g/mol. The number of aromatic nitrogens is 1. The van der Waals surface area contributed by atoms with E-state index in [9.17, 15) is 29.3 Å². The SMILES string of the molecule is Cc1ccc(C(=O)COC(=O)c2cc(-c3ccc(N4C(=O)C5CC=CC(C)C5C4=O)cc3)nc3c(C)cccc23)cc1[N+](=O)[O-]. The van der Waals surface area contributed by atoms with Crippen LogP contribution >= 0.6 is 0 Å². The molecular formula is C35H29N3O7. The summed E-state index contributed by atoms with van der Waals surface area (Å²) in [5, 5.41) is 11.8. The summed E-state index contributed by atoms with van der Waals surface area (Å²) in [6.07, 6.45) is 4.49. The smallest absolute Gasteiger partial charge is 0.339 e. The van der Waals surface area contributed by atoms with Gasteiger partial charge in [0.1, 0.15) is 0 Å². The zero-order valence-electron chi connectivity index (χ0n) is 24.9. The summed E-state index contributed by atoms with van der Waals surface area (Å²) in [6.45, 7) is 4.78. The largest absolute Gasteiger partial charge is 0.454 e. The van der Waals surface area contributed by atoms with Gasteiger partial charge in [0.15, 0.2) is 6.61 Å². The van der Waals surface area contributed by atoms with E-state index >= 15 is 0 Å². The normalized spacial score (nSPS) is 19.1. The molecule has 3 atom stereocenters. The van der Waals surface area contributed by atoms with Crippen molar-refractivity contribution in [2.75, 3.05) is 11.5 Å². The fraction of sp³-hybridized carbons (Fsp3) is 0.229. The number of carbonyl (C=O) groups excluding carboxylic acids is 4. The van der Waals surface area contributed by atoms with E-state index in [-0.39, 0.29) is 46.4 Å². The lowest BCUT2D eigenvalue weighted by Crippen LogP contribution is -2.31. The Morgan fingerprint density at radius 2 is 1.76 bits per heavy atom. The number of benzene rings is 3. The van der Waals surface area contributed by atoms with Gasteiger partial charge in [-0.2, -0.15) is 0 Å². The highest BCUT2D eigenvalue weighted by atomic mass is 16.6. The van der Waals surface area contributed by atoms with Gasteiger partial charge in [0.05, 0.1) is 39.2 Å². The molecule has 0 N–H and O–H groups in total. The van der Waals surface area contributed by atoms with Gasteiger partial charge in [0.2, 0.25) is 17.6 Å². The van der Waals surface area contributed by atoms with Gasteiger partial charge < -0.3 is 4.74 Å². The third kappa shape index (κ3) is 5.28. The van der Waals surface area contributed by atoms with Crippen LogP contribution in [-0.2, 0) is 14.3 Å². The summed E-state index contributed by atoms with van der Waals surface area (Å²) >= 11 is 0. The molecule has 1 aliphatic heterocycles. The average molecular weight is 604 g/mol. The minimum atomic E-state index is -0.751. The number of Topliss-reactive ketones (excluding diaryl/α,β-unsaturated/α-hetero) is 1. The number of amides is 2. The molecule has 0 spiro atoms. The van der Waals surface area contributed by atoms with Crippen LogP contribution in [0.4, 0.5) is 11.4 Å². The number of imide groups is 1. The van der Waals surface area contributed by atoms with E-state index in [2.05, 4.69) is 0 Å². The number of nitro groups is 1. The molecule has 4 aromatic rings. The van der Waals surface area contributed by atoms with Crippen molar-refractivity contribution in [3.63, 3.8) is 0 Å². The Bertz CT molecular complexity index is 1950. The maximum atomic E-state index is 13.4. The van der Waals surface area contributed by atoms with Crippen molar-refractivity contribution in [2.45, 2.75) is 27.2 Å². The molecule has 10 heteroatoms. The summed E-state index contributed by atoms with van der Waals surface area (Å²) < 4.78 is 5.41. The predicted octanol–water partition coefficient (Wildman–Crippen LogP) is 6.17. The number of hydrogen-bond donors (Lipinski definition) is 0. The van der Waals surface area contributed by atoms with Crippen LogP contribution in [0.3, 0.4) is 0 Å². The van der Waals surface area contributed by atoms with Gasteiger partial charge in [-0.15, -0.1) is 0 Å². The van der Waals surface area contributed by atoms with Crippen LogP contribution in [-0.4, -0.2) is 40.1 Å². The zero-order valence-corrected chi connectivity index (χ0v) is 24.9. The van der Waals surface area contributed by atoms with Crippen molar-refractivity contribution < 1.29 is 28.8 Å². The Morgan fingerprint density at radius 3 is 2.47 bits per heavy atom. The number of nitro benzene ring substituents is 1. The summed E-state index contributed by atoms with van der Waals surface area (Å²) in [5.41, 5.74) is 3.45.